The van der Waals surface area contributed by atoms with Crippen LogP contribution in [0.4, 0.5) is 0 Å². The normalized spacial score (nSPS) is 13.3. The molecule has 0 spiro atoms. The topological polar surface area (TPSA) is 12.9 Å². The fourth-order valence-corrected chi connectivity index (χ4v) is 2.50. The van der Waals surface area contributed by atoms with E-state index >= 15 is 0 Å². The van der Waals surface area contributed by atoms with Gasteiger partial charge in [0.2, 0.25) is 0 Å². The Morgan fingerprint density at radius 1 is 1.43 bits per heavy atom. The van der Waals surface area contributed by atoms with E-state index in [1.54, 1.807) is 11.3 Å². The number of rotatable bonds is 3. The number of hydrogen-bond donors (Lipinski definition) is 0. The lowest BCUT2D eigenvalue weighted by Gasteiger charge is -2.09. The zero-order chi connectivity index (χ0) is 9.97. The summed E-state index contributed by atoms with van der Waals surface area (Å²) in [6, 6.07) is 6.63. The van der Waals surface area contributed by atoms with Gasteiger partial charge in [-0.3, -0.25) is 0 Å². The summed E-state index contributed by atoms with van der Waals surface area (Å²) in [5.74, 6) is 0.673. The van der Waals surface area contributed by atoms with Gasteiger partial charge in [0.1, 0.15) is 0 Å². The molecule has 0 fully saturated rings. The second kappa shape index (κ2) is 4.09. The van der Waals surface area contributed by atoms with E-state index in [4.69, 9.17) is 0 Å². The van der Waals surface area contributed by atoms with Gasteiger partial charge in [-0.25, -0.2) is 4.98 Å². The van der Waals surface area contributed by atoms with E-state index in [0.29, 0.717) is 5.92 Å². The summed E-state index contributed by atoms with van der Waals surface area (Å²) in [4.78, 5) is 4.28. The highest BCUT2D eigenvalue weighted by Crippen LogP contribution is 2.26. The van der Waals surface area contributed by atoms with Crippen molar-refractivity contribution in [3.63, 3.8) is 0 Å². The van der Waals surface area contributed by atoms with Crippen LogP contribution in [0.25, 0.3) is 10.2 Å². The molecule has 1 atom stereocenters. The average Bonchev–Trinajstić information content (AvgIpc) is 2.64. The fourth-order valence-electron chi connectivity index (χ4n) is 1.78. The minimum absolute atomic E-state index is 0.673. The van der Waals surface area contributed by atoms with Gasteiger partial charge >= 0.3 is 0 Å². The summed E-state index contributed by atoms with van der Waals surface area (Å²) in [5.41, 5.74) is 4.49. The van der Waals surface area contributed by atoms with E-state index in [2.05, 4.69) is 37.0 Å². The summed E-state index contributed by atoms with van der Waals surface area (Å²) in [5, 5.41) is 0. The van der Waals surface area contributed by atoms with Gasteiger partial charge in [-0.2, -0.15) is 0 Å². The lowest BCUT2D eigenvalue weighted by atomic mass is 9.97. The van der Waals surface area contributed by atoms with Crippen molar-refractivity contribution in [2.75, 3.05) is 0 Å². The van der Waals surface area contributed by atoms with Crippen molar-refractivity contribution in [2.45, 2.75) is 32.6 Å². The quantitative estimate of drug-likeness (QED) is 0.731. The van der Waals surface area contributed by atoms with Crippen molar-refractivity contribution >= 4 is 21.6 Å². The summed E-state index contributed by atoms with van der Waals surface area (Å²) < 4.78 is 1.31. The molecule has 74 valence electrons. The molecule has 2 rings (SSSR count). The Morgan fingerprint density at radius 2 is 2.29 bits per heavy atom. The molecule has 0 radical (unpaired) electrons. The molecule has 0 amide bonds. The second-order valence-electron chi connectivity index (χ2n) is 3.77. The van der Waals surface area contributed by atoms with Crippen molar-refractivity contribution in [1.82, 2.24) is 4.98 Å². The van der Waals surface area contributed by atoms with Crippen molar-refractivity contribution in [1.29, 1.82) is 0 Å². The molecule has 1 nitrogen and oxygen atoms in total. The largest absolute Gasteiger partial charge is 0.245 e. The molecule has 0 saturated heterocycles. The molecule has 14 heavy (non-hydrogen) atoms. The van der Waals surface area contributed by atoms with Gasteiger partial charge in [-0.1, -0.05) is 26.3 Å². The van der Waals surface area contributed by atoms with E-state index in [1.165, 1.54) is 23.1 Å². The molecule has 1 heterocycles. The van der Waals surface area contributed by atoms with Crippen LogP contribution in [0.3, 0.4) is 0 Å². The molecular weight excluding hydrogens is 190 g/mol. The molecule has 0 N–H and O–H groups in total. The summed E-state index contributed by atoms with van der Waals surface area (Å²) in [7, 11) is 0. The third-order valence-electron chi connectivity index (χ3n) is 2.65. The standard InChI is InChI=1S/C12H15NS/c1-3-4-9(2)10-5-6-11-12(7-10)14-8-13-11/h5-9H,3-4H2,1-2H3. The van der Waals surface area contributed by atoms with Gasteiger partial charge in [0, 0.05) is 0 Å². The lowest BCUT2D eigenvalue weighted by Crippen LogP contribution is -1.91. The highest BCUT2D eigenvalue weighted by atomic mass is 32.1. The van der Waals surface area contributed by atoms with Crippen LogP contribution in [0.2, 0.25) is 0 Å². The number of benzene rings is 1. The molecule has 2 aromatic rings. The molecule has 1 unspecified atom stereocenters. The zero-order valence-corrected chi connectivity index (χ0v) is 9.47. The number of hydrogen-bond acceptors (Lipinski definition) is 2. The van der Waals surface area contributed by atoms with Gasteiger partial charge in [-0.15, -0.1) is 11.3 Å². The molecular formula is C12H15NS. The van der Waals surface area contributed by atoms with Gasteiger partial charge in [0.15, 0.2) is 0 Å². The summed E-state index contributed by atoms with van der Waals surface area (Å²) in [6.45, 7) is 4.54. The van der Waals surface area contributed by atoms with E-state index in [-0.39, 0.29) is 0 Å². The maximum absolute atomic E-state index is 4.28. The number of fused-ring (bicyclic) bond motifs is 1. The molecule has 0 aliphatic rings. The highest BCUT2D eigenvalue weighted by Gasteiger charge is 2.05. The monoisotopic (exact) mass is 205 g/mol. The number of thiazole rings is 1. The number of nitrogens with zero attached hydrogens (tertiary/aromatic N) is 1. The smallest absolute Gasteiger partial charge is 0.0812 e. The Hall–Kier alpha value is -0.890. The third kappa shape index (κ3) is 1.80. The van der Waals surface area contributed by atoms with E-state index in [0.717, 1.165) is 5.52 Å². The fraction of sp³-hybridized carbons (Fsp3) is 0.417. The van der Waals surface area contributed by atoms with Gasteiger partial charge < -0.3 is 0 Å². The summed E-state index contributed by atoms with van der Waals surface area (Å²) in [6.07, 6.45) is 2.52. The first-order valence-corrected chi connectivity index (χ1v) is 6.02. The minimum atomic E-state index is 0.673. The van der Waals surface area contributed by atoms with Gasteiger partial charge in [0.05, 0.1) is 15.7 Å². The third-order valence-corrected chi connectivity index (χ3v) is 3.44. The van der Waals surface area contributed by atoms with Crippen molar-refractivity contribution in [3.8, 4) is 0 Å². The zero-order valence-electron chi connectivity index (χ0n) is 8.66. The average molecular weight is 205 g/mol. The van der Waals surface area contributed by atoms with Crippen LogP contribution < -0.4 is 0 Å². The Bertz CT molecular complexity index is 419. The highest BCUT2D eigenvalue weighted by molar-refractivity contribution is 7.16. The first kappa shape index (κ1) is 9.66. The van der Waals surface area contributed by atoms with Crippen molar-refractivity contribution < 1.29 is 0 Å². The number of aromatic nitrogens is 1. The van der Waals surface area contributed by atoms with Crippen LogP contribution in [0.15, 0.2) is 23.7 Å². The van der Waals surface area contributed by atoms with Crippen LogP contribution >= 0.6 is 11.3 Å². The second-order valence-corrected chi connectivity index (χ2v) is 4.66. The van der Waals surface area contributed by atoms with Crippen LogP contribution in [0.1, 0.15) is 38.2 Å². The van der Waals surface area contributed by atoms with E-state index in [1.807, 2.05) is 5.51 Å². The van der Waals surface area contributed by atoms with E-state index < -0.39 is 0 Å². The lowest BCUT2D eigenvalue weighted by molar-refractivity contribution is 0.666. The maximum atomic E-state index is 4.28. The van der Waals surface area contributed by atoms with Gasteiger partial charge in [-0.05, 0) is 30.0 Å². The molecule has 0 bridgehead atoms. The van der Waals surface area contributed by atoms with Crippen molar-refractivity contribution in [3.05, 3.63) is 29.3 Å². The predicted molar refractivity (Wildman–Crippen MR) is 62.9 cm³/mol. The van der Waals surface area contributed by atoms with Crippen molar-refractivity contribution in [2.24, 2.45) is 0 Å². The molecule has 1 aromatic carbocycles. The minimum Gasteiger partial charge on any atom is -0.245 e. The van der Waals surface area contributed by atoms with Crippen LogP contribution in [-0.2, 0) is 0 Å². The van der Waals surface area contributed by atoms with Gasteiger partial charge in [0.25, 0.3) is 0 Å². The first-order valence-electron chi connectivity index (χ1n) is 5.14. The Balaban J connectivity index is 2.33. The Morgan fingerprint density at radius 3 is 3.07 bits per heavy atom. The molecule has 2 heteroatoms. The van der Waals surface area contributed by atoms with Crippen LogP contribution in [-0.4, -0.2) is 4.98 Å². The van der Waals surface area contributed by atoms with Crippen LogP contribution in [0, 0.1) is 0 Å². The molecule has 0 aliphatic heterocycles. The summed E-state index contributed by atoms with van der Waals surface area (Å²) >= 11 is 1.73. The van der Waals surface area contributed by atoms with E-state index in [9.17, 15) is 0 Å². The Labute approximate surface area is 88.8 Å². The predicted octanol–water partition coefficient (Wildman–Crippen LogP) is 4.20. The maximum Gasteiger partial charge on any atom is 0.0812 e. The first-order chi connectivity index (χ1) is 6.81. The Kier molecular flexibility index (Phi) is 2.82. The molecule has 0 aliphatic carbocycles. The SMILES string of the molecule is CCCC(C)c1ccc2ncsc2c1. The molecule has 1 aromatic heterocycles. The van der Waals surface area contributed by atoms with Crippen LogP contribution in [0.5, 0.6) is 0 Å². The molecule has 0 saturated carbocycles.